The standard InChI is InChI=1S/C14H20O4Si/c1-5-9-11-12(14(16)18-13(11)15)10(17-9)7-6-8-19(2,3)4/h5-7,9-12H,1,8H2,2-4H3/b7-6+/t9-,10+,11-,12+/m1/s1. The number of ether oxygens (including phenoxy) is 2. The van der Waals surface area contributed by atoms with Crippen molar-refractivity contribution in [3.05, 3.63) is 24.8 Å². The van der Waals surface area contributed by atoms with Crippen LogP contribution in [0.1, 0.15) is 0 Å². The molecule has 2 fully saturated rings. The van der Waals surface area contributed by atoms with Crippen LogP contribution in [0.3, 0.4) is 0 Å². The molecule has 0 spiro atoms. The van der Waals surface area contributed by atoms with Gasteiger partial charge in [0.15, 0.2) is 0 Å². The second-order valence-electron chi connectivity index (χ2n) is 6.29. The highest BCUT2D eigenvalue weighted by atomic mass is 28.3. The van der Waals surface area contributed by atoms with Gasteiger partial charge in [-0.25, -0.2) is 0 Å². The van der Waals surface area contributed by atoms with Crippen LogP contribution in [-0.4, -0.2) is 32.2 Å². The summed E-state index contributed by atoms with van der Waals surface area (Å²) in [7, 11) is -1.16. The number of cyclic esters (lactones) is 2. The lowest BCUT2D eigenvalue weighted by Crippen LogP contribution is -2.23. The van der Waals surface area contributed by atoms with Crippen molar-refractivity contribution in [2.24, 2.45) is 11.8 Å². The fraction of sp³-hybridized carbons (Fsp3) is 0.571. The highest BCUT2D eigenvalue weighted by Gasteiger charge is 2.57. The van der Waals surface area contributed by atoms with E-state index in [1.165, 1.54) is 0 Å². The minimum atomic E-state index is -1.16. The quantitative estimate of drug-likeness (QED) is 0.343. The summed E-state index contributed by atoms with van der Waals surface area (Å²) < 4.78 is 10.4. The number of carbonyl (C=O) groups is 2. The van der Waals surface area contributed by atoms with E-state index in [4.69, 9.17) is 9.47 Å². The summed E-state index contributed by atoms with van der Waals surface area (Å²) >= 11 is 0. The van der Waals surface area contributed by atoms with Gasteiger partial charge in [0, 0.05) is 8.07 Å². The SMILES string of the molecule is C=C[C@H]1O[C@@H](/C=C/C[Si](C)(C)C)[C@@H]2C(=O)OC(=O)[C@@H]21. The third kappa shape index (κ3) is 2.87. The molecule has 2 aliphatic rings. The van der Waals surface area contributed by atoms with Gasteiger partial charge in [-0.05, 0) is 6.04 Å². The Morgan fingerprint density at radius 2 is 1.74 bits per heavy atom. The van der Waals surface area contributed by atoms with Crippen molar-refractivity contribution in [2.75, 3.05) is 0 Å². The van der Waals surface area contributed by atoms with Gasteiger partial charge in [-0.3, -0.25) is 9.59 Å². The van der Waals surface area contributed by atoms with E-state index in [0.29, 0.717) is 0 Å². The summed E-state index contributed by atoms with van der Waals surface area (Å²) in [6.45, 7) is 10.5. The Kier molecular flexibility index (Phi) is 3.78. The number of hydrogen-bond donors (Lipinski definition) is 0. The van der Waals surface area contributed by atoms with Gasteiger partial charge in [-0.1, -0.05) is 37.9 Å². The van der Waals surface area contributed by atoms with Crippen molar-refractivity contribution in [1.82, 2.24) is 0 Å². The molecule has 4 nitrogen and oxygen atoms in total. The summed E-state index contributed by atoms with van der Waals surface area (Å²) in [5.74, 6) is -1.98. The first-order valence-electron chi connectivity index (χ1n) is 6.54. The molecular weight excluding hydrogens is 260 g/mol. The first-order chi connectivity index (χ1) is 8.83. The third-order valence-corrected chi connectivity index (χ3v) is 4.90. The maximum Gasteiger partial charge on any atom is 0.320 e. The molecule has 0 N–H and O–H groups in total. The molecule has 0 unspecified atom stereocenters. The zero-order chi connectivity index (χ0) is 14.2. The monoisotopic (exact) mass is 280 g/mol. The van der Waals surface area contributed by atoms with E-state index in [9.17, 15) is 9.59 Å². The summed E-state index contributed by atoms with van der Waals surface area (Å²) in [6, 6.07) is 1.02. The molecule has 0 amide bonds. The number of carbonyl (C=O) groups excluding carboxylic acids is 2. The van der Waals surface area contributed by atoms with Crippen LogP contribution in [0.15, 0.2) is 24.8 Å². The van der Waals surface area contributed by atoms with E-state index in [1.54, 1.807) is 6.08 Å². The summed E-state index contributed by atoms with van der Waals surface area (Å²) in [5, 5.41) is 0. The zero-order valence-corrected chi connectivity index (χ0v) is 12.6. The van der Waals surface area contributed by atoms with Crippen LogP contribution in [-0.2, 0) is 19.1 Å². The largest absolute Gasteiger partial charge is 0.393 e. The molecule has 0 aromatic heterocycles. The number of rotatable bonds is 4. The van der Waals surface area contributed by atoms with Gasteiger partial charge in [0.2, 0.25) is 0 Å². The van der Waals surface area contributed by atoms with Crippen LogP contribution in [0.4, 0.5) is 0 Å². The third-order valence-electron chi connectivity index (χ3n) is 3.44. The fourth-order valence-electron chi connectivity index (χ4n) is 2.48. The topological polar surface area (TPSA) is 52.6 Å². The predicted molar refractivity (Wildman–Crippen MR) is 74.2 cm³/mol. The highest BCUT2D eigenvalue weighted by Crippen LogP contribution is 2.40. The highest BCUT2D eigenvalue weighted by molar-refractivity contribution is 6.76. The van der Waals surface area contributed by atoms with Gasteiger partial charge < -0.3 is 9.47 Å². The average molecular weight is 280 g/mol. The molecule has 0 aromatic rings. The van der Waals surface area contributed by atoms with E-state index < -0.39 is 38.0 Å². The summed E-state index contributed by atoms with van der Waals surface area (Å²) in [5.41, 5.74) is 0. The van der Waals surface area contributed by atoms with Gasteiger partial charge >= 0.3 is 11.9 Å². The second kappa shape index (κ2) is 5.05. The molecule has 4 atom stereocenters. The van der Waals surface area contributed by atoms with E-state index in [2.05, 4.69) is 32.3 Å². The maximum atomic E-state index is 11.7. The Bertz CT molecular complexity index is 435. The molecule has 0 radical (unpaired) electrons. The minimum Gasteiger partial charge on any atom is -0.393 e. The minimum absolute atomic E-state index is 0.372. The Morgan fingerprint density at radius 3 is 2.26 bits per heavy atom. The molecule has 19 heavy (non-hydrogen) atoms. The Morgan fingerprint density at radius 1 is 1.16 bits per heavy atom. The maximum absolute atomic E-state index is 11.7. The second-order valence-corrected chi connectivity index (χ2v) is 11.8. The van der Waals surface area contributed by atoms with E-state index in [1.807, 2.05) is 6.08 Å². The molecule has 104 valence electrons. The first kappa shape index (κ1) is 14.2. The molecule has 2 rings (SSSR count). The number of fused-ring (bicyclic) bond motifs is 1. The van der Waals surface area contributed by atoms with Gasteiger partial charge in [-0.15, -0.1) is 6.58 Å². The van der Waals surface area contributed by atoms with Crippen molar-refractivity contribution in [2.45, 2.75) is 37.9 Å². The smallest absolute Gasteiger partial charge is 0.320 e. The van der Waals surface area contributed by atoms with Crippen molar-refractivity contribution in [3.8, 4) is 0 Å². The lowest BCUT2D eigenvalue weighted by atomic mass is 9.89. The zero-order valence-electron chi connectivity index (χ0n) is 11.6. The van der Waals surface area contributed by atoms with Gasteiger partial charge in [-0.2, -0.15) is 0 Å². The summed E-state index contributed by atoms with van der Waals surface area (Å²) in [4.78, 5) is 23.3. The van der Waals surface area contributed by atoms with Crippen LogP contribution in [0.5, 0.6) is 0 Å². The molecule has 5 heteroatoms. The Balaban J connectivity index is 2.12. The molecule has 0 bridgehead atoms. The van der Waals surface area contributed by atoms with Crippen LogP contribution < -0.4 is 0 Å². The van der Waals surface area contributed by atoms with Gasteiger partial charge in [0.05, 0.1) is 12.2 Å². The summed E-state index contributed by atoms with van der Waals surface area (Å²) in [6.07, 6.45) is 4.74. The van der Waals surface area contributed by atoms with E-state index in [0.717, 1.165) is 6.04 Å². The lowest BCUT2D eigenvalue weighted by molar-refractivity contribution is -0.156. The Hall–Kier alpha value is -1.20. The fourth-order valence-corrected chi connectivity index (χ4v) is 3.32. The van der Waals surface area contributed by atoms with Crippen molar-refractivity contribution in [3.63, 3.8) is 0 Å². The average Bonchev–Trinajstić information content (AvgIpc) is 2.78. The van der Waals surface area contributed by atoms with Crippen LogP contribution in [0, 0.1) is 11.8 Å². The van der Waals surface area contributed by atoms with E-state index >= 15 is 0 Å². The Labute approximate surface area is 114 Å². The van der Waals surface area contributed by atoms with Crippen LogP contribution in [0.2, 0.25) is 25.7 Å². The number of allylic oxidation sites excluding steroid dienone is 1. The van der Waals surface area contributed by atoms with Crippen molar-refractivity contribution < 1.29 is 19.1 Å². The number of hydrogen-bond acceptors (Lipinski definition) is 4. The predicted octanol–water partition coefficient (Wildman–Crippen LogP) is 2.15. The van der Waals surface area contributed by atoms with Crippen molar-refractivity contribution >= 4 is 20.0 Å². The van der Waals surface area contributed by atoms with E-state index in [-0.39, 0.29) is 6.10 Å². The molecule has 0 saturated carbocycles. The van der Waals surface area contributed by atoms with Crippen LogP contribution in [0.25, 0.3) is 0 Å². The number of esters is 2. The normalized spacial score (nSPS) is 34.7. The molecular formula is C14H20O4Si. The molecule has 0 aliphatic carbocycles. The molecule has 0 aromatic carbocycles. The molecule has 2 saturated heterocycles. The lowest BCUT2D eigenvalue weighted by Gasteiger charge is -2.14. The van der Waals surface area contributed by atoms with Crippen molar-refractivity contribution in [1.29, 1.82) is 0 Å². The van der Waals surface area contributed by atoms with Crippen LogP contribution >= 0.6 is 0 Å². The molecule has 2 heterocycles. The van der Waals surface area contributed by atoms with Gasteiger partial charge in [0.1, 0.15) is 11.8 Å². The molecule has 2 aliphatic heterocycles. The van der Waals surface area contributed by atoms with Gasteiger partial charge in [0.25, 0.3) is 0 Å². The first-order valence-corrected chi connectivity index (χ1v) is 10.2.